The number of ether oxygens (including phenoxy) is 2. The molecule has 0 saturated carbocycles. The van der Waals surface area contributed by atoms with Crippen molar-refractivity contribution in [2.75, 3.05) is 26.0 Å². The van der Waals surface area contributed by atoms with Crippen LogP contribution >= 0.6 is 10.5 Å². The van der Waals surface area contributed by atoms with Gasteiger partial charge in [-0.1, -0.05) is 23.6 Å². The van der Waals surface area contributed by atoms with Crippen LogP contribution in [0.5, 0.6) is 5.75 Å². The molecule has 1 fully saturated rings. The number of likely N-dealkylation sites (tertiary alicyclic amines) is 1. The Hall–Kier alpha value is -2.78. The maximum Gasteiger partial charge on any atom is 0.410 e. The van der Waals surface area contributed by atoms with Crippen molar-refractivity contribution in [3.05, 3.63) is 59.7 Å². The van der Waals surface area contributed by atoms with E-state index < -0.39 is 5.60 Å². The summed E-state index contributed by atoms with van der Waals surface area (Å²) in [6, 6.07) is 18.4. The molecule has 5 nitrogen and oxygen atoms in total. The van der Waals surface area contributed by atoms with Gasteiger partial charge in [0, 0.05) is 18.0 Å². The summed E-state index contributed by atoms with van der Waals surface area (Å²) in [6.07, 6.45) is 0.641. The van der Waals surface area contributed by atoms with Gasteiger partial charge in [0.25, 0.3) is 0 Å². The van der Waals surface area contributed by atoms with E-state index in [0.29, 0.717) is 24.6 Å². The van der Waals surface area contributed by atoms with Crippen LogP contribution in [0.15, 0.2) is 53.4 Å². The van der Waals surface area contributed by atoms with E-state index in [1.807, 2.05) is 56.0 Å². The summed E-state index contributed by atoms with van der Waals surface area (Å²) in [6.45, 7) is 9.12. The molecule has 176 valence electrons. The summed E-state index contributed by atoms with van der Waals surface area (Å²) in [7, 11) is 1.54. The highest BCUT2D eigenvalue weighted by atomic mass is 32.2. The maximum atomic E-state index is 12.8. The average Bonchev–Trinajstić information content (AvgIpc) is 2.81. The zero-order valence-electron chi connectivity index (χ0n) is 20.2. The zero-order valence-corrected chi connectivity index (χ0v) is 21.0. The number of carbonyl (C=O) groups excluding carboxylic acids is 1. The monoisotopic (exact) mass is 466 g/mol. The summed E-state index contributed by atoms with van der Waals surface area (Å²) in [5.41, 5.74) is 1.44. The second kappa shape index (κ2) is 10.9. The summed E-state index contributed by atoms with van der Waals surface area (Å²) in [5.74, 6) is 2.37. The molecule has 1 amide bonds. The third-order valence-corrected chi connectivity index (χ3v) is 8.09. The smallest absolute Gasteiger partial charge is 0.410 e. The Bertz CT molecular complexity index is 1030. The van der Waals surface area contributed by atoms with Crippen molar-refractivity contribution in [2.24, 2.45) is 5.92 Å². The van der Waals surface area contributed by atoms with Crippen LogP contribution in [0.2, 0.25) is 0 Å². The summed E-state index contributed by atoms with van der Waals surface area (Å²) in [4.78, 5) is 15.9. The second-order valence-corrected chi connectivity index (χ2v) is 11.5. The lowest BCUT2D eigenvalue weighted by Gasteiger charge is -2.40. The van der Waals surface area contributed by atoms with Gasteiger partial charge in [-0.05, 0) is 87.6 Å². The van der Waals surface area contributed by atoms with E-state index in [9.17, 15) is 10.1 Å². The Balaban J connectivity index is 1.88. The second-order valence-electron chi connectivity index (χ2n) is 9.33. The van der Waals surface area contributed by atoms with Gasteiger partial charge in [-0.25, -0.2) is 4.79 Å². The van der Waals surface area contributed by atoms with Crippen LogP contribution in [0, 0.1) is 17.2 Å². The molecule has 2 aromatic rings. The molecule has 33 heavy (non-hydrogen) atoms. The van der Waals surface area contributed by atoms with Crippen LogP contribution in [0.25, 0.3) is 0 Å². The minimum absolute atomic E-state index is 0.132. The number of carbonyl (C=O) groups is 1. The zero-order chi connectivity index (χ0) is 24.0. The molecule has 0 bridgehead atoms. The quantitative estimate of drug-likeness (QED) is 0.503. The fourth-order valence-electron chi connectivity index (χ4n) is 4.27. The molecule has 1 unspecified atom stereocenters. The first kappa shape index (κ1) is 24.9. The van der Waals surface area contributed by atoms with E-state index in [4.69, 9.17) is 9.47 Å². The molecule has 0 radical (unpaired) electrons. The van der Waals surface area contributed by atoms with E-state index in [-0.39, 0.29) is 22.5 Å². The molecule has 3 atom stereocenters. The molecule has 0 aromatic heterocycles. The standard InChI is InChI=1S/C27H34N2O3S/c1-6-33(24-9-7-8-20(16-24)17-28)19-22-18-29(26(30)32-27(2,3)4)15-14-25(22)21-10-12-23(31-5)13-11-21/h6-13,16,22,25H,14-15,18-19H2,1-5H3/t22-,25-,33?/m0/s1. The number of nitrogens with zero attached hydrogens (tertiary/aromatic N) is 2. The summed E-state index contributed by atoms with van der Waals surface area (Å²) >= 11 is 0. The van der Waals surface area contributed by atoms with E-state index in [0.717, 1.165) is 17.9 Å². The van der Waals surface area contributed by atoms with Crippen molar-refractivity contribution in [2.45, 2.75) is 50.5 Å². The third kappa shape index (κ3) is 6.61. The van der Waals surface area contributed by atoms with Gasteiger partial charge in [0.1, 0.15) is 11.4 Å². The van der Waals surface area contributed by atoms with Gasteiger partial charge in [0.2, 0.25) is 0 Å². The molecule has 2 aromatic carbocycles. The Morgan fingerprint density at radius 3 is 2.58 bits per heavy atom. The number of rotatable bonds is 5. The summed E-state index contributed by atoms with van der Waals surface area (Å²) < 4.78 is 11.0. The Morgan fingerprint density at radius 2 is 1.97 bits per heavy atom. The molecule has 0 aliphatic carbocycles. The van der Waals surface area contributed by atoms with Gasteiger partial charge >= 0.3 is 6.09 Å². The number of nitriles is 1. The molecule has 1 aliphatic rings. The number of benzene rings is 2. The lowest BCUT2D eigenvalue weighted by Crippen LogP contribution is -2.46. The number of hydrogen-bond acceptors (Lipinski definition) is 4. The molecule has 6 heteroatoms. The lowest BCUT2D eigenvalue weighted by atomic mass is 9.81. The van der Waals surface area contributed by atoms with Gasteiger partial charge in [-0.3, -0.25) is 0 Å². The first-order valence-corrected chi connectivity index (χ1v) is 12.8. The van der Waals surface area contributed by atoms with Gasteiger partial charge < -0.3 is 14.4 Å². The van der Waals surface area contributed by atoms with Gasteiger partial charge in [-0.15, -0.1) is 0 Å². The molecule has 1 saturated heterocycles. The van der Waals surface area contributed by atoms with Crippen LogP contribution in [0.4, 0.5) is 4.79 Å². The lowest BCUT2D eigenvalue weighted by molar-refractivity contribution is 0.0158. The molecule has 1 aliphatic heterocycles. The first-order chi connectivity index (χ1) is 15.7. The molecular weight excluding hydrogens is 432 g/mol. The largest absolute Gasteiger partial charge is 0.497 e. The normalized spacial score (nSPS) is 19.6. The topological polar surface area (TPSA) is 62.6 Å². The van der Waals surface area contributed by atoms with E-state index >= 15 is 0 Å². The Kier molecular flexibility index (Phi) is 8.20. The minimum atomic E-state index is -0.515. The number of amides is 1. The Morgan fingerprint density at radius 1 is 1.24 bits per heavy atom. The highest BCUT2D eigenvalue weighted by Gasteiger charge is 2.34. The number of hydrogen-bond donors (Lipinski definition) is 0. The third-order valence-electron chi connectivity index (χ3n) is 5.87. The fourth-order valence-corrected chi connectivity index (χ4v) is 6.26. The van der Waals surface area contributed by atoms with Crippen molar-refractivity contribution in [1.82, 2.24) is 4.90 Å². The summed E-state index contributed by atoms with van der Waals surface area (Å²) in [5, 5.41) is 11.6. The first-order valence-electron chi connectivity index (χ1n) is 11.3. The van der Waals surface area contributed by atoms with E-state index in [1.165, 1.54) is 10.5 Å². The molecule has 3 rings (SSSR count). The Labute approximate surface area is 200 Å². The maximum absolute atomic E-state index is 12.8. The molecular formula is C27H34N2O3S. The number of piperidine rings is 1. The molecule has 0 N–H and O–H groups in total. The van der Waals surface area contributed by atoms with Crippen LogP contribution in [0.1, 0.15) is 51.2 Å². The minimum Gasteiger partial charge on any atom is -0.497 e. The fraction of sp³-hybridized carbons (Fsp3) is 0.444. The predicted molar refractivity (Wildman–Crippen MR) is 135 cm³/mol. The van der Waals surface area contributed by atoms with Gasteiger partial charge in [0.15, 0.2) is 0 Å². The SMILES string of the molecule is C/C=S(/C[C@@H]1CN(C(=O)OC(C)(C)C)CC[C@H]1c1ccc(OC)cc1)c1cccc(C#N)c1. The van der Waals surface area contributed by atoms with E-state index in [2.05, 4.69) is 36.6 Å². The van der Waals surface area contributed by atoms with Crippen molar-refractivity contribution in [3.8, 4) is 11.8 Å². The molecule has 0 spiro atoms. The van der Waals surface area contributed by atoms with Crippen molar-refractivity contribution in [1.29, 1.82) is 5.26 Å². The van der Waals surface area contributed by atoms with Crippen molar-refractivity contribution >= 4 is 21.9 Å². The van der Waals surface area contributed by atoms with Crippen molar-refractivity contribution < 1.29 is 14.3 Å². The van der Waals surface area contributed by atoms with Crippen LogP contribution in [0.3, 0.4) is 0 Å². The van der Waals surface area contributed by atoms with Gasteiger partial charge in [-0.2, -0.15) is 15.7 Å². The highest BCUT2D eigenvalue weighted by molar-refractivity contribution is 8.15. The van der Waals surface area contributed by atoms with Crippen LogP contribution in [-0.2, 0) is 4.74 Å². The van der Waals surface area contributed by atoms with Crippen molar-refractivity contribution in [3.63, 3.8) is 0 Å². The predicted octanol–water partition coefficient (Wildman–Crippen LogP) is 6.06. The van der Waals surface area contributed by atoms with Crippen LogP contribution in [-0.4, -0.2) is 47.9 Å². The van der Waals surface area contributed by atoms with Crippen LogP contribution < -0.4 is 4.74 Å². The van der Waals surface area contributed by atoms with E-state index in [1.54, 1.807) is 7.11 Å². The number of methoxy groups -OCH3 is 1. The van der Waals surface area contributed by atoms with Gasteiger partial charge in [0.05, 0.1) is 18.7 Å². The average molecular weight is 467 g/mol. The molecule has 1 heterocycles. The highest BCUT2D eigenvalue weighted by Crippen LogP contribution is 2.40.